The van der Waals surface area contributed by atoms with Crippen LogP contribution in [0.5, 0.6) is 0 Å². The average molecular weight is 327 g/mol. The number of benzene rings is 3. The normalized spacial score (nSPS) is 12.0. The van der Waals surface area contributed by atoms with Gasteiger partial charge in [0.15, 0.2) is 0 Å². The number of unbranched alkanes of at least 4 members (excludes halogenated alkanes) is 1. The number of aryl methyl sites for hydroxylation is 1. The molecule has 0 heterocycles. The van der Waals surface area contributed by atoms with E-state index < -0.39 is 0 Å². The quantitative estimate of drug-likeness (QED) is 0.450. The summed E-state index contributed by atoms with van der Waals surface area (Å²) < 4.78 is 0. The maximum atomic E-state index is 3.60. The van der Waals surface area contributed by atoms with E-state index in [0.717, 1.165) is 19.5 Å². The standard InChI is InChI=1S/C24H25N/c1-2-8-19(9-3-1)10-6-7-15-25-18-20-13-14-24-22(16-20)17-21-11-4-5-12-23(21)24/h1-5,8-9,11-14,16,25H,6-7,10,15,17-18H2. The van der Waals surface area contributed by atoms with E-state index in [0.29, 0.717) is 0 Å². The Hall–Kier alpha value is -2.38. The van der Waals surface area contributed by atoms with E-state index in [1.165, 1.54) is 52.6 Å². The fourth-order valence-electron chi connectivity index (χ4n) is 3.76. The van der Waals surface area contributed by atoms with E-state index in [9.17, 15) is 0 Å². The van der Waals surface area contributed by atoms with Crippen molar-refractivity contribution in [3.63, 3.8) is 0 Å². The molecule has 126 valence electrons. The SMILES string of the molecule is c1ccc(CCCCNCc2ccc3c(c2)Cc2ccccc2-3)cc1. The van der Waals surface area contributed by atoms with Gasteiger partial charge < -0.3 is 5.32 Å². The lowest BCUT2D eigenvalue weighted by atomic mass is 10.0. The lowest BCUT2D eigenvalue weighted by molar-refractivity contribution is 0.622. The van der Waals surface area contributed by atoms with Crippen LogP contribution in [0, 0.1) is 0 Å². The molecular weight excluding hydrogens is 302 g/mol. The molecule has 0 aliphatic heterocycles. The van der Waals surface area contributed by atoms with Gasteiger partial charge in [-0.1, -0.05) is 72.8 Å². The van der Waals surface area contributed by atoms with Gasteiger partial charge in [0, 0.05) is 6.54 Å². The highest BCUT2D eigenvalue weighted by molar-refractivity contribution is 5.76. The van der Waals surface area contributed by atoms with Crippen molar-refractivity contribution >= 4 is 0 Å². The van der Waals surface area contributed by atoms with Gasteiger partial charge in [-0.25, -0.2) is 0 Å². The van der Waals surface area contributed by atoms with Crippen LogP contribution in [0.1, 0.15) is 35.1 Å². The summed E-state index contributed by atoms with van der Waals surface area (Å²) in [6.45, 7) is 2.05. The third-order valence-electron chi connectivity index (χ3n) is 5.10. The Labute approximate surface area is 150 Å². The van der Waals surface area contributed by atoms with E-state index in [2.05, 4.69) is 78.1 Å². The number of nitrogens with one attached hydrogen (secondary N) is 1. The van der Waals surface area contributed by atoms with Crippen molar-refractivity contribution in [1.82, 2.24) is 5.32 Å². The maximum Gasteiger partial charge on any atom is 0.0205 e. The fourth-order valence-corrected chi connectivity index (χ4v) is 3.76. The van der Waals surface area contributed by atoms with Crippen molar-refractivity contribution in [2.75, 3.05) is 6.54 Å². The minimum atomic E-state index is 0.967. The zero-order valence-electron chi connectivity index (χ0n) is 14.7. The third kappa shape index (κ3) is 3.83. The van der Waals surface area contributed by atoms with E-state index in [1.807, 2.05) is 0 Å². The summed E-state index contributed by atoms with van der Waals surface area (Å²) >= 11 is 0. The smallest absolute Gasteiger partial charge is 0.0205 e. The summed E-state index contributed by atoms with van der Waals surface area (Å²) in [5, 5.41) is 3.60. The molecule has 0 spiro atoms. The predicted molar refractivity (Wildman–Crippen MR) is 106 cm³/mol. The second-order valence-corrected chi connectivity index (χ2v) is 6.94. The van der Waals surface area contributed by atoms with Crippen LogP contribution in [0.15, 0.2) is 72.8 Å². The Morgan fingerprint density at radius 2 is 1.48 bits per heavy atom. The number of fused-ring (bicyclic) bond motifs is 3. The van der Waals surface area contributed by atoms with E-state index in [1.54, 1.807) is 0 Å². The van der Waals surface area contributed by atoms with Crippen molar-refractivity contribution in [2.24, 2.45) is 0 Å². The summed E-state index contributed by atoms with van der Waals surface area (Å²) in [6, 6.07) is 26.5. The molecule has 0 radical (unpaired) electrons. The Balaban J connectivity index is 1.24. The first-order valence-corrected chi connectivity index (χ1v) is 9.35. The minimum absolute atomic E-state index is 0.967. The highest BCUT2D eigenvalue weighted by Crippen LogP contribution is 2.36. The van der Waals surface area contributed by atoms with Gasteiger partial charge in [-0.15, -0.1) is 0 Å². The van der Waals surface area contributed by atoms with Crippen LogP contribution in [0.2, 0.25) is 0 Å². The first-order valence-electron chi connectivity index (χ1n) is 9.35. The molecule has 1 heteroatoms. The van der Waals surface area contributed by atoms with Gasteiger partial charge in [0.25, 0.3) is 0 Å². The van der Waals surface area contributed by atoms with Crippen molar-refractivity contribution < 1.29 is 0 Å². The molecule has 0 fully saturated rings. The maximum absolute atomic E-state index is 3.60. The van der Waals surface area contributed by atoms with Gasteiger partial charge in [-0.05, 0) is 65.6 Å². The second-order valence-electron chi connectivity index (χ2n) is 6.94. The molecule has 0 amide bonds. The van der Waals surface area contributed by atoms with Crippen LogP contribution < -0.4 is 5.32 Å². The van der Waals surface area contributed by atoms with Crippen LogP contribution in [-0.2, 0) is 19.4 Å². The van der Waals surface area contributed by atoms with Gasteiger partial charge in [0.2, 0.25) is 0 Å². The molecule has 3 aromatic carbocycles. The van der Waals surface area contributed by atoms with Crippen molar-refractivity contribution in [1.29, 1.82) is 0 Å². The Kier molecular flexibility index (Phi) is 4.94. The summed E-state index contributed by atoms with van der Waals surface area (Å²) in [5.41, 5.74) is 8.61. The van der Waals surface area contributed by atoms with Crippen LogP contribution in [-0.4, -0.2) is 6.54 Å². The molecule has 0 saturated carbocycles. The molecule has 25 heavy (non-hydrogen) atoms. The lowest BCUT2D eigenvalue weighted by Crippen LogP contribution is -2.15. The molecule has 4 rings (SSSR count). The molecule has 1 aliphatic carbocycles. The van der Waals surface area contributed by atoms with E-state index in [4.69, 9.17) is 0 Å². The third-order valence-corrected chi connectivity index (χ3v) is 5.10. The average Bonchev–Trinajstić information content (AvgIpc) is 3.03. The monoisotopic (exact) mass is 327 g/mol. The Bertz CT molecular complexity index is 836. The molecule has 0 aromatic heterocycles. The number of rotatable bonds is 7. The molecule has 0 atom stereocenters. The highest BCUT2D eigenvalue weighted by atomic mass is 14.8. The van der Waals surface area contributed by atoms with Crippen LogP contribution in [0.4, 0.5) is 0 Å². The molecular formula is C24H25N. The largest absolute Gasteiger partial charge is 0.313 e. The molecule has 0 saturated heterocycles. The summed E-state index contributed by atoms with van der Waals surface area (Å²) in [5.74, 6) is 0. The molecule has 3 aromatic rings. The van der Waals surface area contributed by atoms with E-state index >= 15 is 0 Å². The van der Waals surface area contributed by atoms with Gasteiger partial charge >= 0.3 is 0 Å². The molecule has 0 unspecified atom stereocenters. The Morgan fingerprint density at radius 1 is 0.680 bits per heavy atom. The van der Waals surface area contributed by atoms with Crippen LogP contribution in [0.3, 0.4) is 0 Å². The Morgan fingerprint density at radius 3 is 2.40 bits per heavy atom. The first kappa shape index (κ1) is 16.1. The summed E-state index contributed by atoms with van der Waals surface area (Å²) in [4.78, 5) is 0. The number of hydrogen-bond acceptors (Lipinski definition) is 1. The summed E-state index contributed by atoms with van der Waals surface area (Å²) in [6.07, 6.45) is 4.73. The topological polar surface area (TPSA) is 12.0 Å². The fraction of sp³-hybridized carbons (Fsp3) is 0.250. The van der Waals surface area contributed by atoms with Crippen molar-refractivity contribution in [3.05, 3.63) is 95.1 Å². The van der Waals surface area contributed by atoms with Crippen molar-refractivity contribution in [2.45, 2.75) is 32.2 Å². The van der Waals surface area contributed by atoms with Gasteiger partial charge in [0.1, 0.15) is 0 Å². The summed E-state index contributed by atoms with van der Waals surface area (Å²) in [7, 11) is 0. The van der Waals surface area contributed by atoms with Crippen LogP contribution in [0.25, 0.3) is 11.1 Å². The van der Waals surface area contributed by atoms with Crippen molar-refractivity contribution in [3.8, 4) is 11.1 Å². The molecule has 1 aliphatic rings. The van der Waals surface area contributed by atoms with Gasteiger partial charge in [-0.2, -0.15) is 0 Å². The molecule has 1 N–H and O–H groups in total. The van der Waals surface area contributed by atoms with Crippen LogP contribution >= 0.6 is 0 Å². The zero-order valence-corrected chi connectivity index (χ0v) is 14.7. The zero-order chi connectivity index (χ0) is 16.9. The highest BCUT2D eigenvalue weighted by Gasteiger charge is 2.17. The second kappa shape index (κ2) is 7.67. The minimum Gasteiger partial charge on any atom is -0.313 e. The molecule has 0 bridgehead atoms. The first-order chi connectivity index (χ1) is 12.4. The predicted octanol–water partition coefficient (Wildman–Crippen LogP) is 5.37. The van der Waals surface area contributed by atoms with Gasteiger partial charge in [0.05, 0.1) is 0 Å². The van der Waals surface area contributed by atoms with E-state index in [-0.39, 0.29) is 0 Å². The molecule has 1 nitrogen and oxygen atoms in total. The van der Waals surface area contributed by atoms with Gasteiger partial charge in [-0.3, -0.25) is 0 Å². The number of hydrogen-bond donors (Lipinski definition) is 1. The lowest BCUT2D eigenvalue weighted by Gasteiger charge is -2.08.